The van der Waals surface area contributed by atoms with E-state index in [1.54, 1.807) is 6.08 Å². The molecule has 6 atom stereocenters. The maximum absolute atomic E-state index is 12.1. The van der Waals surface area contributed by atoms with Crippen molar-refractivity contribution in [1.29, 1.82) is 0 Å². The van der Waals surface area contributed by atoms with Crippen molar-refractivity contribution in [2.24, 2.45) is 0 Å². The fourth-order valence-corrected chi connectivity index (χ4v) is 6.34. The zero-order valence-electron chi connectivity index (χ0n) is 26.2. The summed E-state index contributed by atoms with van der Waals surface area (Å²) in [5.74, 6) is 0. The predicted molar refractivity (Wildman–Crippen MR) is 173 cm³/mol. The fourth-order valence-electron chi connectivity index (χ4n) is 5.03. The number of hydrogen-bond donors (Lipinski definition) is 1. The van der Waals surface area contributed by atoms with Crippen LogP contribution in [0.15, 0.2) is 104 Å². The van der Waals surface area contributed by atoms with Gasteiger partial charge in [0.15, 0.2) is 8.32 Å². The summed E-state index contributed by atoms with van der Waals surface area (Å²) >= 11 is 0. The summed E-state index contributed by atoms with van der Waals surface area (Å²) in [5.41, 5.74) is 3.05. The molecule has 0 radical (unpaired) electrons. The number of ether oxygens (including phenoxy) is 4. The highest BCUT2D eigenvalue weighted by atomic mass is 28.4. The van der Waals surface area contributed by atoms with Crippen LogP contribution in [0.3, 0.4) is 0 Å². The van der Waals surface area contributed by atoms with Crippen molar-refractivity contribution in [3.8, 4) is 0 Å². The molecular formula is C36H48O6Si. The molecule has 0 amide bonds. The van der Waals surface area contributed by atoms with Gasteiger partial charge in [-0.3, -0.25) is 0 Å². The largest absolute Gasteiger partial charge is 0.408 e. The molecule has 0 heterocycles. The molecule has 0 spiro atoms. The monoisotopic (exact) mass is 604 g/mol. The zero-order valence-corrected chi connectivity index (χ0v) is 27.2. The average Bonchev–Trinajstić information content (AvgIpc) is 3.00. The Labute approximate surface area is 258 Å². The first-order chi connectivity index (χ1) is 20.6. The highest BCUT2D eigenvalue weighted by Crippen LogP contribution is 2.41. The van der Waals surface area contributed by atoms with E-state index >= 15 is 0 Å². The van der Waals surface area contributed by atoms with E-state index < -0.39 is 44.9 Å². The third kappa shape index (κ3) is 8.96. The van der Waals surface area contributed by atoms with Crippen molar-refractivity contribution in [2.75, 3.05) is 6.61 Å². The van der Waals surface area contributed by atoms with E-state index in [0.717, 1.165) is 16.7 Å². The van der Waals surface area contributed by atoms with Gasteiger partial charge in [0.1, 0.15) is 36.6 Å². The van der Waals surface area contributed by atoms with E-state index in [2.05, 4.69) is 40.4 Å². The van der Waals surface area contributed by atoms with Crippen molar-refractivity contribution in [2.45, 2.75) is 95.3 Å². The van der Waals surface area contributed by atoms with Crippen LogP contribution in [-0.2, 0) is 43.2 Å². The number of aliphatic hydroxyl groups is 1. The van der Waals surface area contributed by atoms with Gasteiger partial charge in [-0.25, -0.2) is 0 Å². The normalized spacial score (nSPS) is 24.5. The van der Waals surface area contributed by atoms with Crippen LogP contribution in [0.5, 0.6) is 0 Å². The van der Waals surface area contributed by atoms with Crippen LogP contribution in [0.25, 0.3) is 0 Å². The third-order valence-electron chi connectivity index (χ3n) is 8.47. The molecule has 7 heteroatoms. The fraction of sp³-hybridized carbons (Fsp3) is 0.444. The molecule has 3 aromatic rings. The van der Waals surface area contributed by atoms with E-state index in [0.29, 0.717) is 19.8 Å². The lowest BCUT2D eigenvalue weighted by atomic mass is 9.84. The van der Waals surface area contributed by atoms with Crippen molar-refractivity contribution in [1.82, 2.24) is 0 Å². The first-order valence-corrected chi connectivity index (χ1v) is 18.1. The molecule has 0 bridgehead atoms. The molecule has 6 unspecified atom stereocenters. The highest BCUT2D eigenvalue weighted by molar-refractivity contribution is 6.74. The quantitative estimate of drug-likeness (QED) is 0.157. The maximum atomic E-state index is 12.1. The van der Waals surface area contributed by atoms with Gasteiger partial charge in [0.05, 0.1) is 26.4 Å². The zero-order chi connectivity index (χ0) is 30.9. The van der Waals surface area contributed by atoms with Gasteiger partial charge < -0.3 is 28.5 Å². The standard InChI is InChI=1S/C36H48O6Si/c1-7-23-38-34-32(42-43(5,6)36(2,3)4)30(37)31(39-24-27-17-11-8-12-18-27)33(40-25-28-19-13-9-14-20-28)35(34)41-26-29-21-15-10-16-22-29/h7-22,30-35,37H,1,23-26H2,2-6H3. The molecule has 43 heavy (non-hydrogen) atoms. The van der Waals surface area contributed by atoms with Gasteiger partial charge in [0, 0.05) is 0 Å². The molecule has 3 aromatic carbocycles. The van der Waals surface area contributed by atoms with Crippen molar-refractivity contribution in [3.63, 3.8) is 0 Å². The predicted octanol–water partition coefficient (Wildman–Crippen LogP) is 7.08. The first-order valence-electron chi connectivity index (χ1n) is 15.2. The summed E-state index contributed by atoms with van der Waals surface area (Å²) in [7, 11) is -2.36. The molecule has 1 fully saturated rings. The minimum absolute atomic E-state index is 0.0862. The van der Waals surface area contributed by atoms with Crippen molar-refractivity contribution in [3.05, 3.63) is 120 Å². The summed E-state index contributed by atoms with van der Waals surface area (Å²) in [6.45, 7) is 16.1. The lowest BCUT2D eigenvalue weighted by Gasteiger charge is -2.51. The number of hydrogen-bond acceptors (Lipinski definition) is 6. The summed E-state index contributed by atoms with van der Waals surface area (Å²) in [6, 6.07) is 30.0. The van der Waals surface area contributed by atoms with Gasteiger partial charge in [0.2, 0.25) is 0 Å². The van der Waals surface area contributed by atoms with E-state index in [4.69, 9.17) is 23.4 Å². The molecule has 1 aliphatic rings. The minimum atomic E-state index is -2.36. The molecule has 4 rings (SSSR count). The third-order valence-corrected chi connectivity index (χ3v) is 12.9. The van der Waals surface area contributed by atoms with E-state index in [9.17, 15) is 5.11 Å². The average molecular weight is 605 g/mol. The lowest BCUT2D eigenvalue weighted by Crippen LogP contribution is -2.68. The van der Waals surface area contributed by atoms with Crippen molar-refractivity contribution >= 4 is 8.32 Å². The van der Waals surface area contributed by atoms with Crippen LogP contribution < -0.4 is 0 Å². The summed E-state index contributed by atoms with van der Waals surface area (Å²) in [5, 5.41) is 12.0. The van der Waals surface area contributed by atoms with E-state index in [1.165, 1.54) is 0 Å². The number of benzene rings is 3. The number of rotatable bonds is 14. The second kappa shape index (κ2) is 15.4. The Balaban J connectivity index is 1.73. The Bertz CT molecular complexity index is 1230. The van der Waals surface area contributed by atoms with Gasteiger partial charge in [-0.1, -0.05) is 118 Å². The Hall–Kier alpha value is -2.62. The molecule has 1 aliphatic carbocycles. The van der Waals surface area contributed by atoms with E-state index in [-0.39, 0.29) is 11.6 Å². The first kappa shape index (κ1) is 33.3. The Morgan fingerprint density at radius 2 is 1.00 bits per heavy atom. The molecule has 0 aromatic heterocycles. The van der Waals surface area contributed by atoms with Crippen LogP contribution in [-0.4, -0.2) is 56.7 Å². The Morgan fingerprint density at radius 3 is 1.40 bits per heavy atom. The van der Waals surface area contributed by atoms with Gasteiger partial charge in [0.25, 0.3) is 0 Å². The molecule has 1 N–H and O–H groups in total. The van der Waals surface area contributed by atoms with Gasteiger partial charge in [-0.2, -0.15) is 0 Å². The van der Waals surface area contributed by atoms with Crippen LogP contribution in [0.2, 0.25) is 18.1 Å². The van der Waals surface area contributed by atoms with E-state index in [1.807, 2.05) is 91.0 Å². The number of aliphatic hydroxyl groups excluding tert-OH is 1. The molecular weight excluding hydrogens is 556 g/mol. The maximum Gasteiger partial charge on any atom is 0.192 e. The van der Waals surface area contributed by atoms with Gasteiger partial charge >= 0.3 is 0 Å². The van der Waals surface area contributed by atoms with Crippen LogP contribution in [0.1, 0.15) is 37.5 Å². The highest BCUT2D eigenvalue weighted by Gasteiger charge is 2.56. The second-order valence-corrected chi connectivity index (χ2v) is 17.5. The SMILES string of the molecule is C=CCOC1C(O[Si](C)(C)C(C)(C)C)C(O)C(OCc2ccccc2)C(OCc2ccccc2)C1OCc1ccccc1. The van der Waals surface area contributed by atoms with Crippen LogP contribution >= 0.6 is 0 Å². The summed E-state index contributed by atoms with van der Waals surface area (Å²) in [6.07, 6.45) is -2.60. The topological polar surface area (TPSA) is 66.4 Å². The van der Waals surface area contributed by atoms with Gasteiger partial charge in [-0.05, 0) is 34.8 Å². The molecule has 0 aliphatic heterocycles. The molecule has 0 saturated heterocycles. The van der Waals surface area contributed by atoms with Crippen LogP contribution in [0.4, 0.5) is 0 Å². The second-order valence-electron chi connectivity index (χ2n) is 12.7. The Morgan fingerprint density at radius 1 is 0.628 bits per heavy atom. The van der Waals surface area contributed by atoms with Crippen molar-refractivity contribution < 1.29 is 28.5 Å². The van der Waals surface area contributed by atoms with Gasteiger partial charge in [-0.15, -0.1) is 6.58 Å². The molecule has 6 nitrogen and oxygen atoms in total. The molecule has 232 valence electrons. The van der Waals surface area contributed by atoms with Crippen LogP contribution in [0, 0.1) is 0 Å². The lowest BCUT2D eigenvalue weighted by molar-refractivity contribution is -0.267. The summed E-state index contributed by atoms with van der Waals surface area (Å²) in [4.78, 5) is 0. The summed E-state index contributed by atoms with van der Waals surface area (Å²) < 4.78 is 33.3. The molecule has 1 saturated carbocycles. The minimum Gasteiger partial charge on any atom is -0.408 e. The smallest absolute Gasteiger partial charge is 0.192 e. The Kier molecular flexibility index (Phi) is 11.9.